The number of carbonyl (C=O) groups excluding carboxylic acids is 1. The molecular weight excluding hydrogens is 327 g/mol. The predicted molar refractivity (Wildman–Crippen MR) is 82.6 cm³/mol. The normalized spacial score (nSPS) is 10.8. The van der Waals surface area contributed by atoms with E-state index in [4.69, 9.17) is 4.74 Å². The highest BCUT2D eigenvalue weighted by Gasteiger charge is 2.20. The lowest BCUT2D eigenvalue weighted by Gasteiger charge is -2.06. The zero-order valence-corrected chi connectivity index (χ0v) is 12.6. The fourth-order valence-corrected chi connectivity index (χ4v) is 3.26. The minimum absolute atomic E-state index is 0.0156. The maximum atomic E-state index is 13.4. The fraction of sp³-hybridized carbons (Fsp3) is 0.0625. The Morgan fingerprint density at radius 3 is 2.39 bits per heavy atom. The first-order valence-corrected chi connectivity index (χ1v) is 7.33. The van der Waals surface area contributed by atoms with E-state index in [-0.39, 0.29) is 16.3 Å². The predicted octanol–water partition coefficient (Wildman–Crippen LogP) is 4.58. The zero-order valence-electron chi connectivity index (χ0n) is 11.8. The Hall–Kier alpha value is -2.54. The molecular formula is C16H10F3NO2S. The molecule has 7 heteroatoms. The van der Waals surface area contributed by atoms with Gasteiger partial charge in [0.15, 0.2) is 0 Å². The molecule has 3 aromatic rings. The van der Waals surface area contributed by atoms with Gasteiger partial charge in [0.1, 0.15) is 28.1 Å². The molecule has 0 bridgehead atoms. The molecule has 1 aromatic heterocycles. The monoisotopic (exact) mass is 337 g/mol. The number of anilines is 1. The highest BCUT2D eigenvalue weighted by Crippen LogP contribution is 2.38. The number of ether oxygens (including phenoxy) is 1. The first-order valence-electron chi connectivity index (χ1n) is 6.51. The molecule has 0 saturated heterocycles. The summed E-state index contributed by atoms with van der Waals surface area (Å²) in [5.74, 6) is -2.42. The van der Waals surface area contributed by atoms with Gasteiger partial charge >= 0.3 is 0 Å². The van der Waals surface area contributed by atoms with Crippen LogP contribution < -0.4 is 10.1 Å². The largest absolute Gasteiger partial charge is 0.494 e. The molecule has 0 aliphatic rings. The smallest absolute Gasteiger partial charge is 0.269 e. The Morgan fingerprint density at radius 1 is 1.04 bits per heavy atom. The Kier molecular flexibility index (Phi) is 3.96. The van der Waals surface area contributed by atoms with E-state index < -0.39 is 23.4 Å². The maximum Gasteiger partial charge on any atom is 0.269 e. The van der Waals surface area contributed by atoms with E-state index in [1.54, 1.807) is 0 Å². The van der Waals surface area contributed by atoms with Crippen molar-refractivity contribution in [1.29, 1.82) is 0 Å². The van der Waals surface area contributed by atoms with Gasteiger partial charge in [-0.05, 0) is 30.3 Å². The SMILES string of the molecule is COc1c(C(=O)Nc2cc(F)cc(F)c2)sc2ccc(F)cc12. The van der Waals surface area contributed by atoms with E-state index in [1.807, 2.05) is 0 Å². The van der Waals surface area contributed by atoms with Gasteiger partial charge in [-0.1, -0.05) is 0 Å². The molecule has 0 unspecified atom stereocenters. The molecule has 1 heterocycles. The third-order valence-corrected chi connectivity index (χ3v) is 4.29. The van der Waals surface area contributed by atoms with Crippen molar-refractivity contribution in [2.45, 2.75) is 0 Å². The number of carbonyl (C=O) groups is 1. The lowest BCUT2D eigenvalue weighted by molar-refractivity contribution is 0.102. The molecule has 1 N–H and O–H groups in total. The molecule has 2 aromatic carbocycles. The van der Waals surface area contributed by atoms with Crippen molar-refractivity contribution in [3.05, 3.63) is 58.7 Å². The number of nitrogens with one attached hydrogen (secondary N) is 1. The van der Waals surface area contributed by atoms with E-state index in [9.17, 15) is 18.0 Å². The van der Waals surface area contributed by atoms with Crippen LogP contribution in [0, 0.1) is 17.5 Å². The molecule has 0 fully saturated rings. The minimum atomic E-state index is -0.800. The Morgan fingerprint density at radius 2 is 1.74 bits per heavy atom. The molecule has 0 aliphatic heterocycles. The molecule has 0 spiro atoms. The van der Waals surface area contributed by atoms with E-state index in [0.717, 1.165) is 23.5 Å². The van der Waals surface area contributed by atoms with Gasteiger partial charge in [0.25, 0.3) is 5.91 Å². The fourth-order valence-electron chi connectivity index (χ4n) is 2.21. The highest BCUT2D eigenvalue weighted by atomic mass is 32.1. The number of amides is 1. The van der Waals surface area contributed by atoms with Crippen LogP contribution in [0.5, 0.6) is 5.75 Å². The molecule has 0 atom stereocenters. The average Bonchev–Trinajstić information content (AvgIpc) is 2.83. The van der Waals surface area contributed by atoms with Gasteiger partial charge in [-0.25, -0.2) is 13.2 Å². The van der Waals surface area contributed by atoms with Gasteiger partial charge in [0, 0.05) is 21.8 Å². The standard InChI is InChI=1S/C16H10F3NO2S/c1-22-14-12-7-8(17)2-3-13(12)23-15(14)16(21)20-11-5-9(18)4-10(19)6-11/h2-7H,1H3,(H,20,21). The van der Waals surface area contributed by atoms with Gasteiger partial charge in [-0.2, -0.15) is 0 Å². The van der Waals surface area contributed by atoms with Crippen LogP contribution in [0.1, 0.15) is 9.67 Å². The van der Waals surface area contributed by atoms with E-state index in [0.29, 0.717) is 16.2 Å². The molecule has 118 valence electrons. The van der Waals surface area contributed by atoms with E-state index in [1.165, 1.54) is 25.3 Å². The average molecular weight is 337 g/mol. The number of methoxy groups -OCH3 is 1. The van der Waals surface area contributed by atoms with Gasteiger partial charge in [0.2, 0.25) is 0 Å². The quantitative estimate of drug-likeness (QED) is 0.760. The maximum absolute atomic E-state index is 13.4. The van der Waals surface area contributed by atoms with Crippen LogP contribution >= 0.6 is 11.3 Å². The van der Waals surface area contributed by atoms with Gasteiger partial charge < -0.3 is 10.1 Å². The highest BCUT2D eigenvalue weighted by molar-refractivity contribution is 7.21. The molecule has 1 amide bonds. The third-order valence-electron chi connectivity index (χ3n) is 3.14. The van der Waals surface area contributed by atoms with Crippen molar-refractivity contribution in [3.63, 3.8) is 0 Å². The second-order valence-corrected chi connectivity index (χ2v) is 5.77. The lowest BCUT2D eigenvalue weighted by atomic mass is 10.2. The zero-order chi connectivity index (χ0) is 16.6. The second-order valence-electron chi connectivity index (χ2n) is 4.72. The van der Waals surface area contributed by atoms with Crippen LogP contribution in [0.4, 0.5) is 18.9 Å². The summed E-state index contributed by atoms with van der Waals surface area (Å²) in [6, 6.07) is 6.79. The van der Waals surface area contributed by atoms with Crippen molar-refractivity contribution in [1.82, 2.24) is 0 Å². The summed E-state index contributed by atoms with van der Waals surface area (Å²) >= 11 is 1.10. The van der Waals surface area contributed by atoms with Crippen molar-refractivity contribution in [3.8, 4) is 5.75 Å². The minimum Gasteiger partial charge on any atom is -0.494 e. The summed E-state index contributed by atoms with van der Waals surface area (Å²) in [7, 11) is 1.37. The topological polar surface area (TPSA) is 38.3 Å². The Balaban J connectivity index is 2.00. The number of hydrogen-bond acceptors (Lipinski definition) is 3. The summed E-state index contributed by atoms with van der Waals surface area (Å²) < 4.78 is 45.6. The molecule has 0 aliphatic carbocycles. The first kappa shape index (κ1) is 15.4. The number of halogens is 3. The van der Waals surface area contributed by atoms with Crippen LogP contribution in [0.2, 0.25) is 0 Å². The molecule has 0 saturated carbocycles. The number of hydrogen-bond donors (Lipinski definition) is 1. The number of benzene rings is 2. The number of thiophene rings is 1. The van der Waals surface area contributed by atoms with Crippen LogP contribution in [-0.4, -0.2) is 13.0 Å². The van der Waals surface area contributed by atoms with Gasteiger partial charge in [-0.3, -0.25) is 4.79 Å². The van der Waals surface area contributed by atoms with Crippen LogP contribution in [0.15, 0.2) is 36.4 Å². The van der Waals surface area contributed by atoms with Crippen molar-refractivity contribution < 1.29 is 22.7 Å². The van der Waals surface area contributed by atoms with Crippen molar-refractivity contribution in [2.75, 3.05) is 12.4 Å². The summed E-state index contributed by atoms with van der Waals surface area (Å²) in [6.45, 7) is 0. The summed E-state index contributed by atoms with van der Waals surface area (Å²) in [5, 5.41) is 2.87. The number of fused-ring (bicyclic) bond motifs is 1. The summed E-state index contributed by atoms with van der Waals surface area (Å²) in [4.78, 5) is 12.5. The molecule has 3 rings (SSSR count). The van der Waals surface area contributed by atoms with Crippen LogP contribution in [-0.2, 0) is 0 Å². The second kappa shape index (κ2) is 5.92. The lowest BCUT2D eigenvalue weighted by Crippen LogP contribution is -2.11. The van der Waals surface area contributed by atoms with Crippen molar-refractivity contribution in [2.24, 2.45) is 0 Å². The summed E-state index contributed by atoms with van der Waals surface area (Å²) in [6.07, 6.45) is 0. The Bertz CT molecular complexity index is 887. The molecule has 23 heavy (non-hydrogen) atoms. The molecule has 0 radical (unpaired) electrons. The van der Waals surface area contributed by atoms with Crippen LogP contribution in [0.3, 0.4) is 0 Å². The Labute approximate surface area is 133 Å². The third kappa shape index (κ3) is 3.00. The first-order chi connectivity index (χ1) is 11.0. The molecule has 3 nitrogen and oxygen atoms in total. The van der Waals surface area contributed by atoms with Gasteiger partial charge in [-0.15, -0.1) is 11.3 Å². The van der Waals surface area contributed by atoms with Crippen molar-refractivity contribution >= 4 is 33.0 Å². The van der Waals surface area contributed by atoms with Crippen LogP contribution in [0.25, 0.3) is 10.1 Å². The van der Waals surface area contributed by atoms with Gasteiger partial charge in [0.05, 0.1) is 7.11 Å². The van der Waals surface area contributed by atoms with E-state index >= 15 is 0 Å². The number of rotatable bonds is 3. The van der Waals surface area contributed by atoms with E-state index in [2.05, 4.69) is 5.32 Å². The summed E-state index contributed by atoms with van der Waals surface area (Å²) in [5.41, 5.74) is -0.0156.